The Labute approximate surface area is 386 Å². The first-order chi connectivity index (χ1) is 32.7. The summed E-state index contributed by atoms with van der Waals surface area (Å²) in [7, 11) is 0. The minimum absolute atomic E-state index is 0.536. The van der Waals surface area contributed by atoms with Gasteiger partial charge in [0.25, 0.3) is 0 Å². The summed E-state index contributed by atoms with van der Waals surface area (Å²) in [4.78, 5) is 2.44. The van der Waals surface area contributed by atoms with E-state index in [-0.39, 0.29) is 0 Å². The van der Waals surface area contributed by atoms with Crippen molar-refractivity contribution >= 4 is 27.8 Å². The van der Waals surface area contributed by atoms with Crippen molar-refractivity contribution in [3.63, 3.8) is 0 Å². The van der Waals surface area contributed by atoms with Crippen LogP contribution in [-0.2, 0) is 5.41 Å². The zero-order valence-corrected chi connectivity index (χ0v) is 36.3. The number of hydrogen-bond acceptors (Lipinski definition) is 1. The zero-order chi connectivity index (χ0) is 43.6. The van der Waals surface area contributed by atoms with Crippen LogP contribution in [0.1, 0.15) is 22.3 Å². The van der Waals surface area contributed by atoms with Crippen molar-refractivity contribution in [3.8, 4) is 66.8 Å². The predicted molar refractivity (Wildman–Crippen MR) is 277 cm³/mol. The van der Waals surface area contributed by atoms with Gasteiger partial charge in [-0.1, -0.05) is 212 Å². The van der Waals surface area contributed by atoms with Gasteiger partial charge in [-0.2, -0.15) is 0 Å². The fourth-order valence-corrected chi connectivity index (χ4v) is 11.1. The molecule has 2 aliphatic rings. The summed E-state index contributed by atoms with van der Waals surface area (Å²) in [5, 5.41) is 2.52. The minimum atomic E-state index is -0.536. The van der Waals surface area contributed by atoms with Gasteiger partial charge in [0.1, 0.15) is 0 Å². The van der Waals surface area contributed by atoms with Gasteiger partial charge < -0.3 is 4.90 Å². The quantitative estimate of drug-likeness (QED) is 0.155. The Bertz CT molecular complexity index is 3590. The average molecular weight is 838 g/mol. The van der Waals surface area contributed by atoms with Gasteiger partial charge in [-0.15, -0.1) is 0 Å². The third kappa shape index (κ3) is 5.94. The fraction of sp³-hybridized carbons (Fsp3) is 0.0154. The number of rotatable bonds is 7. The van der Waals surface area contributed by atoms with E-state index in [1.165, 1.54) is 99.8 Å². The highest BCUT2D eigenvalue weighted by Gasteiger charge is 2.52. The lowest BCUT2D eigenvalue weighted by atomic mass is 9.70. The van der Waals surface area contributed by atoms with Crippen molar-refractivity contribution in [2.24, 2.45) is 0 Å². The van der Waals surface area contributed by atoms with Crippen LogP contribution in [0, 0.1) is 0 Å². The third-order valence-electron chi connectivity index (χ3n) is 14.1. The van der Waals surface area contributed by atoms with Crippen LogP contribution in [-0.4, -0.2) is 0 Å². The van der Waals surface area contributed by atoms with E-state index in [9.17, 15) is 0 Å². The molecule has 0 radical (unpaired) electrons. The molecule has 0 unspecified atom stereocenters. The van der Waals surface area contributed by atoms with Crippen molar-refractivity contribution in [2.75, 3.05) is 4.90 Å². The summed E-state index contributed by atoms with van der Waals surface area (Å²) in [5.74, 6) is 0. The van der Waals surface area contributed by atoms with E-state index in [0.29, 0.717) is 0 Å². The smallest absolute Gasteiger partial charge is 0.0726 e. The highest BCUT2D eigenvalue weighted by Crippen LogP contribution is 2.64. The maximum absolute atomic E-state index is 2.50. The Morgan fingerprint density at radius 2 is 0.667 bits per heavy atom. The molecule has 0 heterocycles. The van der Waals surface area contributed by atoms with Gasteiger partial charge in [0.15, 0.2) is 0 Å². The Kier molecular flexibility index (Phi) is 8.82. The van der Waals surface area contributed by atoms with Crippen LogP contribution < -0.4 is 4.90 Å². The minimum Gasteiger partial charge on any atom is -0.310 e. The second-order valence-electron chi connectivity index (χ2n) is 17.6. The van der Waals surface area contributed by atoms with Gasteiger partial charge >= 0.3 is 0 Å². The molecule has 0 saturated carbocycles. The molecule has 0 aliphatic heterocycles. The maximum Gasteiger partial charge on any atom is 0.0726 e. The first-order valence-electron chi connectivity index (χ1n) is 22.9. The first kappa shape index (κ1) is 38.0. The molecule has 1 nitrogen and oxygen atoms in total. The Hall–Kier alpha value is -8.52. The Balaban J connectivity index is 1.01. The highest BCUT2D eigenvalue weighted by atomic mass is 15.1. The van der Waals surface area contributed by atoms with Crippen molar-refractivity contribution in [1.29, 1.82) is 0 Å². The highest BCUT2D eigenvalue weighted by molar-refractivity contribution is 5.99. The van der Waals surface area contributed by atoms with E-state index in [0.717, 1.165) is 17.1 Å². The normalized spacial score (nSPS) is 12.7. The molecule has 2 aliphatic carbocycles. The zero-order valence-electron chi connectivity index (χ0n) is 36.3. The van der Waals surface area contributed by atoms with Crippen LogP contribution >= 0.6 is 0 Å². The number of anilines is 3. The van der Waals surface area contributed by atoms with Crippen LogP contribution in [0.3, 0.4) is 0 Å². The Morgan fingerprint density at radius 3 is 1.41 bits per heavy atom. The number of nitrogens with zero attached hydrogens (tertiary/aromatic N) is 1. The predicted octanol–water partition coefficient (Wildman–Crippen LogP) is 17.3. The number of benzene rings is 11. The molecule has 1 spiro atoms. The molecule has 0 aromatic heterocycles. The van der Waals surface area contributed by atoms with Crippen LogP contribution in [0.2, 0.25) is 0 Å². The van der Waals surface area contributed by atoms with Crippen LogP contribution in [0.15, 0.2) is 261 Å². The molecule has 0 atom stereocenters. The molecule has 11 aromatic rings. The van der Waals surface area contributed by atoms with Gasteiger partial charge in [-0.3, -0.25) is 0 Å². The van der Waals surface area contributed by atoms with Gasteiger partial charge in [0, 0.05) is 17.1 Å². The van der Waals surface area contributed by atoms with Crippen LogP contribution in [0.25, 0.3) is 77.5 Å². The summed E-state index contributed by atoms with van der Waals surface area (Å²) >= 11 is 0. The topological polar surface area (TPSA) is 3.24 Å². The van der Waals surface area contributed by atoms with Gasteiger partial charge in [-0.25, -0.2) is 0 Å². The molecule has 0 amide bonds. The maximum atomic E-state index is 2.50. The summed E-state index contributed by atoms with van der Waals surface area (Å²) < 4.78 is 0. The van der Waals surface area contributed by atoms with E-state index >= 15 is 0 Å². The molecule has 0 saturated heterocycles. The first-order valence-corrected chi connectivity index (χ1v) is 22.9. The molecular weight excluding hydrogens is 795 g/mol. The molecule has 0 fully saturated rings. The van der Waals surface area contributed by atoms with Gasteiger partial charge in [-0.05, 0) is 148 Å². The lowest BCUT2D eigenvalue weighted by Gasteiger charge is -2.32. The summed E-state index contributed by atoms with van der Waals surface area (Å²) in [6.07, 6.45) is 0. The molecule has 11 aromatic carbocycles. The second-order valence-corrected chi connectivity index (χ2v) is 17.6. The second kappa shape index (κ2) is 15.3. The largest absolute Gasteiger partial charge is 0.310 e. The van der Waals surface area contributed by atoms with Crippen molar-refractivity contribution < 1.29 is 0 Å². The summed E-state index contributed by atoms with van der Waals surface area (Å²) in [5.41, 5.74) is 22.9. The molecule has 66 heavy (non-hydrogen) atoms. The van der Waals surface area contributed by atoms with Gasteiger partial charge in [0.2, 0.25) is 0 Å². The SMILES string of the molecule is c1ccc(-c2ccc(N(c3cccc(-c4ccccc4)c3)c3ccc4c(c3)C3(c5ccccc5-c5ccccc53)c3cc(-c5cccc(-c6cccc7ccccc67)c5)ccc3-4)cc2)cc1. The van der Waals surface area contributed by atoms with Crippen LogP contribution in [0.4, 0.5) is 17.1 Å². The van der Waals surface area contributed by atoms with Gasteiger partial charge in [0.05, 0.1) is 5.41 Å². The molecular formula is C65H43N. The molecule has 0 bridgehead atoms. The number of fused-ring (bicyclic) bond motifs is 11. The van der Waals surface area contributed by atoms with Crippen LogP contribution in [0.5, 0.6) is 0 Å². The van der Waals surface area contributed by atoms with Crippen molar-refractivity contribution in [3.05, 3.63) is 283 Å². The molecule has 13 rings (SSSR count). The third-order valence-corrected chi connectivity index (χ3v) is 14.1. The average Bonchev–Trinajstić information content (AvgIpc) is 3.86. The molecule has 1 heteroatoms. The Morgan fingerprint density at radius 1 is 0.227 bits per heavy atom. The number of hydrogen-bond donors (Lipinski definition) is 0. The lowest BCUT2D eigenvalue weighted by Crippen LogP contribution is -2.26. The van der Waals surface area contributed by atoms with E-state index < -0.39 is 5.41 Å². The molecule has 0 N–H and O–H groups in total. The van der Waals surface area contributed by atoms with Crippen molar-refractivity contribution in [1.82, 2.24) is 0 Å². The lowest BCUT2D eigenvalue weighted by molar-refractivity contribution is 0.794. The monoisotopic (exact) mass is 837 g/mol. The molecule has 308 valence electrons. The van der Waals surface area contributed by atoms with E-state index in [4.69, 9.17) is 0 Å². The standard InChI is InChI=1S/C65H43N/c1-3-16-44(17-4-1)46-32-35-52(36-33-46)66(53-25-14-23-49(41-53)45-18-5-2-6-19-45)54-37-39-60-59-38-34-50(48-22-13-24-51(40-48)56-29-15-21-47-20-7-8-26-55(47)56)42-63(59)65(64(60)43-54)61-30-11-9-27-57(61)58-28-10-12-31-62(58)65/h1-43H. The van der Waals surface area contributed by atoms with Crippen molar-refractivity contribution in [2.45, 2.75) is 5.41 Å². The summed E-state index contributed by atoms with van der Waals surface area (Å²) in [6.45, 7) is 0. The fourth-order valence-electron chi connectivity index (χ4n) is 11.1. The van der Waals surface area contributed by atoms with E-state index in [1.807, 2.05) is 0 Å². The van der Waals surface area contributed by atoms with E-state index in [1.54, 1.807) is 0 Å². The summed E-state index contributed by atoms with van der Waals surface area (Å²) in [6, 6.07) is 96.4. The van der Waals surface area contributed by atoms with E-state index in [2.05, 4.69) is 266 Å².